The van der Waals surface area contributed by atoms with Gasteiger partial charge in [0.2, 0.25) is 0 Å². The maximum Gasteiger partial charge on any atom is 0.573 e. The van der Waals surface area contributed by atoms with Crippen LogP contribution in [0, 0.1) is 11.2 Å². The Morgan fingerprint density at radius 2 is 1.81 bits per heavy atom. The molecule has 1 N–H and O–H groups in total. The van der Waals surface area contributed by atoms with E-state index in [1.165, 1.54) is 37.1 Å². The molecule has 0 aliphatic heterocycles. The number of halogens is 4. The summed E-state index contributed by atoms with van der Waals surface area (Å²) < 4.78 is 63.5. The van der Waals surface area contributed by atoms with Gasteiger partial charge in [0.05, 0.1) is 0 Å². The summed E-state index contributed by atoms with van der Waals surface area (Å²) in [6, 6.07) is 8.70. The first-order chi connectivity index (χ1) is 15.0. The van der Waals surface area contributed by atoms with Gasteiger partial charge in [-0.05, 0) is 42.0 Å². The van der Waals surface area contributed by atoms with E-state index >= 15 is 4.39 Å². The van der Waals surface area contributed by atoms with E-state index in [0.717, 1.165) is 16.5 Å². The van der Waals surface area contributed by atoms with E-state index in [0.29, 0.717) is 18.3 Å². The van der Waals surface area contributed by atoms with Crippen molar-refractivity contribution in [3.8, 4) is 16.9 Å². The van der Waals surface area contributed by atoms with Crippen molar-refractivity contribution in [2.75, 3.05) is 0 Å². The van der Waals surface area contributed by atoms with E-state index in [2.05, 4.69) is 34.8 Å². The van der Waals surface area contributed by atoms with Crippen LogP contribution in [0.4, 0.5) is 17.6 Å². The lowest BCUT2D eigenvalue weighted by molar-refractivity contribution is -0.274. The number of rotatable bonds is 7. The average molecular weight is 467 g/mol. The molecule has 1 saturated carbocycles. The first-order valence-electron chi connectivity index (χ1n) is 10.5. The van der Waals surface area contributed by atoms with Crippen LogP contribution in [0.5, 0.6) is 5.75 Å². The Morgan fingerprint density at radius 1 is 1.09 bits per heavy atom. The number of alkyl halides is 3. The van der Waals surface area contributed by atoms with Crippen molar-refractivity contribution in [1.29, 1.82) is 0 Å². The Hall–Kier alpha value is -2.19. The molecule has 2 aromatic carbocycles. The fourth-order valence-electron chi connectivity index (χ4n) is 3.70. The minimum Gasteiger partial charge on any atom is -0.405 e. The number of hydrogen-bond donors (Lipinski definition) is 1. The number of fused-ring (bicyclic) bond motifs is 1. The van der Waals surface area contributed by atoms with Crippen molar-refractivity contribution in [2.24, 2.45) is 5.41 Å². The summed E-state index contributed by atoms with van der Waals surface area (Å²) in [5.41, 5.74) is 1.86. The van der Waals surface area contributed by atoms with Crippen LogP contribution >= 0.6 is 11.9 Å². The maximum absolute atomic E-state index is 15.2. The van der Waals surface area contributed by atoms with Gasteiger partial charge in [-0.2, -0.15) is 0 Å². The third kappa shape index (κ3) is 5.59. The molecule has 0 amide bonds. The molecular formula is C24H26F4N2OS. The quantitative estimate of drug-likeness (QED) is 0.292. The highest BCUT2D eigenvalue weighted by Gasteiger charge is 2.32. The van der Waals surface area contributed by atoms with Gasteiger partial charge in [-0.25, -0.2) is 4.39 Å². The minimum absolute atomic E-state index is 0.0364. The molecule has 172 valence electrons. The van der Waals surface area contributed by atoms with Gasteiger partial charge in [-0.3, -0.25) is 4.72 Å². The molecule has 1 heterocycles. The SMILES string of the molecule is CC(C)(C)Cn1cc(CNSC2CC2)c2cc(F)c(-c3ccccc3OC(F)(F)F)cc21. The monoisotopic (exact) mass is 466 g/mol. The lowest BCUT2D eigenvalue weighted by Crippen LogP contribution is -2.17. The first kappa shape index (κ1) is 23.0. The van der Waals surface area contributed by atoms with Gasteiger partial charge in [0.1, 0.15) is 11.6 Å². The molecule has 1 aliphatic carbocycles. The van der Waals surface area contributed by atoms with Crippen molar-refractivity contribution in [3.63, 3.8) is 0 Å². The smallest absolute Gasteiger partial charge is 0.405 e. The summed E-state index contributed by atoms with van der Waals surface area (Å²) in [5.74, 6) is -1.00. The third-order valence-electron chi connectivity index (χ3n) is 5.14. The Kier molecular flexibility index (Phi) is 6.20. The van der Waals surface area contributed by atoms with Crippen LogP contribution < -0.4 is 9.46 Å². The van der Waals surface area contributed by atoms with E-state index < -0.39 is 17.9 Å². The van der Waals surface area contributed by atoms with Gasteiger partial charge >= 0.3 is 6.36 Å². The number of hydrogen-bond acceptors (Lipinski definition) is 3. The third-order valence-corrected chi connectivity index (χ3v) is 6.25. The molecular weight excluding hydrogens is 440 g/mol. The highest BCUT2D eigenvalue weighted by Crippen LogP contribution is 2.38. The van der Waals surface area contributed by atoms with E-state index in [1.54, 1.807) is 24.1 Å². The minimum atomic E-state index is -4.86. The van der Waals surface area contributed by atoms with Crippen LogP contribution in [0.3, 0.4) is 0 Å². The Morgan fingerprint density at radius 3 is 2.47 bits per heavy atom. The van der Waals surface area contributed by atoms with E-state index in [9.17, 15) is 13.2 Å². The molecule has 0 atom stereocenters. The van der Waals surface area contributed by atoms with Crippen LogP contribution in [0.25, 0.3) is 22.0 Å². The van der Waals surface area contributed by atoms with E-state index in [-0.39, 0.29) is 16.5 Å². The lowest BCUT2D eigenvalue weighted by atomic mass is 9.96. The number of benzene rings is 2. The predicted octanol–water partition coefficient (Wildman–Crippen LogP) is 7.29. The second kappa shape index (κ2) is 8.63. The molecule has 0 bridgehead atoms. The Bertz CT molecular complexity index is 1110. The maximum atomic E-state index is 15.2. The fourth-order valence-corrected chi connectivity index (χ4v) is 4.55. The molecule has 1 aliphatic rings. The largest absolute Gasteiger partial charge is 0.573 e. The summed E-state index contributed by atoms with van der Waals surface area (Å²) in [5, 5.41) is 1.40. The van der Waals surface area contributed by atoms with Crippen LogP contribution in [0.1, 0.15) is 39.2 Å². The first-order valence-corrected chi connectivity index (χ1v) is 11.4. The zero-order valence-electron chi connectivity index (χ0n) is 18.2. The van der Waals surface area contributed by atoms with E-state index in [1.807, 2.05) is 6.20 Å². The zero-order chi connectivity index (χ0) is 23.1. The van der Waals surface area contributed by atoms with Crippen molar-refractivity contribution < 1.29 is 22.3 Å². The molecule has 3 aromatic rings. The van der Waals surface area contributed by atoms with Gasteiger partial charge in [-0.15, -0.1) is 13.2 Å². The normalized spacial score (nSPS) is 14.8. The summed E-state index contributed by atoms with van der Waals surface area (Å²) in [6.45, 7) is 7.59. The van der Waals surface area contributed by atoms with Crippen molar-refractivity contribution >= 4 is 22.9 Å². The molecule has 32 heavy (non-hydrogen) atoms. The molecule has 1 fully saturated rings. The van der Waals surface area contributed by atoms with Crippen molar-refractivity contribution in [2.45, 2.75) is 58.3 Å². The number of nitrogens with zero attached hydrogens (tertiary/aromatic N) is 1. The second-order valence-electron chi connectivity index (χ2n) is 9.37. The molecule has 4 rings (SSSR count). The summed E-state index contributed by atoms with van der Waals surface area (Å²) in [4.78, 5) is 0. The molecule has 0 spiro atoms. The topological polar surface area (TPSA) is 26.2 Å². The summed E-state index contributed by atoms with van der Waals surface area (Å²) >= 11 is 1.70. The van der Waals surface area contributed by atoms with Crippen LogP contribution in [-0.2, 0) is 13.1 Å². The fraction of sp³-hybridized carbons (Fsp3) is 0.417. The van der Waals surface area contributed by atoms with Gasteiger partial charge in [0.25, 0.3) is 0 Å². The van der Waals surface area contributed by atoms with Crippen LogP contribution in [-0.4, -0.2) is 16.2 Å². The Labute approximate surface area is 189 Å². The molecule has 0 saturated heterocycles. The predicted molar refractivity (Wildman–Crippen MR) is 121 cm³/mol. The van der Waals surface area contributed by atoms with Gasteiger partial charge in [0.15, 0.2) is 0 Å². The zero-order valence-corrected chi connectivity index (χ0v) is 19.0. The van der Waals surface area contributed by atoms with E-state index in [4.69, 9.17) is 0 Å². The lowest BCUT2D eigenvalue weighted by Gasteiger charge is -2.20. The van der Waals surface area contributed by atoms with Crippen molar-refractivity contribution in [1.82, 2.24) is 9.29 Å². The number of aromatic nitrogens is 1. The van der Waals surface area contributed by atoms with Crippen molar-refractivity contribution in [3.05, 3.63) is 54.0 Å². The Balaban J connectivity index is 1.78. The second-order valence-corrected chi connectivity index (χ2v) is 10.6. The molecule has 8 heteroatoms. The molecule has 0 radical (unpaired) electrons. The number of nitrogens with one attached hydrogen (secondary N) is 1. The van der Waals surface area contributed by atoms with Crippen LogP contribution in [0.2, 0.25) is 0 Å². The van der Waals surface area contributed by atoms with Gasteiger partial charge in [-0.1, -0.05) is 50.9 Å². The van der Waals surface area contributed by atoms with Gasteiger partial charge in [0, 0.05) is 46.6 Å². The standard InChI is InChI=1S/C24H26F4N2OS/c1-23(2,3)14-30-13-15(12-29-32-16-8-9-16)18-10-20(25)19(11-21(18)30)17-6-4-5-7-22(17)31-24(26,27)28/h4-7,10-11,13,16,29H,8-9,12,14H2,1-3H3. The molecule has 3 nitrogen and oxygen atoms in total. The average Bonchev–Trinajstić information content (AvgIpc) is 3.44. The number of ether oxygens (including phenoxy) is 1. The highest BCUT2D eigenvalue weighted by atomic mass is 32.2. The highest BCUT2D eigenvalue weighted by molar-refractivity contribution is 7.98. The van der Waals surface area contributed by atoms with Gasteiger partial charge < -0.3 is 9.30 Å². The molecule has 0 unspecified atom stereocenters. The summed E-state index contributed by atoms with van der Waals surface area (Å²) in [6.07, 6.45) is -0.430. The molecule has 1 aromatic heterocycles. The van der Waals surface area contributed by atoms with Crippen LogP contribution in [0.15, 0.2) is 42.6 Å². The number of para-hydroxylation sites is 1. The summed E-state index contributed by atoms with van der Waals surface area (Å²) in [7, 11) is 0.